The molecule has 1 aromatic rings. The highest BCUT2D eigenvalue weighted by Gasteiger charge is 2.38. The van der Waals surface area contributed by atoms with Crippen molar-refractivity contribution in [1.29, 1.82) is 0 Å². The molecule has 0 aromatic heterocycles. The van der Waals surface area contributed by atoms with Crippen LogP contribution < -0.4 is 0 Å². The van der Waals surface area contributed by atoms with Crippen LogP contribution in [0.1, 0.15) is 18.9 Å². The van der Waals surface area contributed by atoms with E-state index in [0.29, 0.717) is 5.92 Å². The van der Waals surface area contributed by atoms with Crippen LogP contribution in [0.5, 0.6) is 0 Å². The Morgan fingerprint density at radius 1 is 1.43 bits per heavy atom. The standard InChI is InChI=1S/C12H14Cl2/c1-8-6-10(8)12(14)7-9-4-2-3-5-11(9)13/h2-5,8,10,12H,6-7H2,1H3. The summed E-state index contributed by atoms with van der Waals surface area (Å²) in [6.07, 6.45) is 2.18. The number of hydrogen-bond acceptors (Lipinski definition) is 0. The Hall–Kier alpha value is -0.200. The molecule has 76 valence electrons. The van der Waals surface area contributed by atoms with Crippen molar-refractivity contribution in [2.45, 2.75) is 25.1 Å². The topological polar surface area (TPSA) is 0 Å². The van der Waals surface area contributed by atoms with Crippen molar-refractivity contribution < 1.29 is 0 Å². The van der Waals surface area contributed by atoms with Gasteiger partial charge < -0.3 is 0 Å². The zero-order valence-corrected chi connectivity index (χ0v) is 9.72. The van der Waals surface area contributed by atoms with E-state index in [4.69, 9.17) is 23.2 Å². The maximum atomic E-state index is 6.32. The molecule has 1 fully saturated rings. The molecule has 2 heteroatoms. The third-order valence-electron chi connectivity index (χ3n) is 3.01. The largest absolute Gasteiger partial charge is 0.122 e. The normalized spacial score (nSPS) is 27.4. The van der Waals surface area contributed by atoms with Gasteiger partial charge in [-0.15, -0.1) is 11.6 Å². The maximum absolute atomic E-state index is 6.32. The molecule has 1 aliphatic rings. The molecule has 1 aromatic carbocycles. The molecule has 0 saturated heterocycles. The van der Waals surface area contributed by atoms with E-state index in [1.807, 2.05) is 18.2 Å². The van der Waals surface area contributed by atoms with Crippen LogP contribution in [0.15, 0.2) is 24.3 Å². The Morgan fingerprint density at radius 2 is 2.07 bits per heavy atom. The first kappa shape index (κ1) is 10.3. The molecule has 0 radical (unpaired) electrons. The quantitative estimate of drug-likeness (QED) is 0.683. The maximum Gasteiger partial charge on any atom is 0.0438 e. The Balaban J connectivity index is 2.00. The third-order valence-corrected chi connectivity index (χ3v) is 3.86. The zero-order valence-electron chi connectivity index (χ0n) is 8.21. The fourth-order valence-corrected chi connectivity index (χ4v) is 2.61. The van der Waals surface area contributed by atoms with E-state index in [1.165, 1.54) is 12.0 Å². The van der Waals surface area contributed by atoms with E-state index in [-0.39, 0.29) is 5.38 Å². The van der Waals surface area contributed by atoms with Gasteiger partial charge >= 0.3 is 0 Å². The highest BCUT2D eigenvalue weighted by atomic mass is 35.5. The van der Waals surface area contributed by atoms with Gasteiger partial charge in [0, 0.05) is 10.4 Å². The summed E-state index contributed by atoms with van der Waals surface area (Å²) >= 11 is 12.4. The minimum absolute atomic E-state index is 0.255. The van der Waals surface area contributed by atoms with Crippen LogP contribution in [-0.4, -0.2) is 5.38 Å². The molecule has 0 bridgehead atoms. The Labute approximate surface area is 95.2 Å². The lowest BCUT2D eigenvalue weighted by molar-refractivity contribution is 0.683. The van der Waals surface area contributed by atoms with Gasteiger partial charge in [-0.2, -0.15) is 0 Å². The average Bonchev–Trinajstić information content (AvgIpc) is 2.87. The monoisotopic (exact) mass is 228 g/mol. The van der Waals surface area contributed by atoms with Gasteiger partial charge in [0.25, 0.3) is 0 Å². The lowest BCUT2D eigenvalue weighted by atomic mass is 10.1. The summed E-state index contributed by atoms with van der Waals surface area (Å²) in [6.45, 7) is 2.26. The number of halogens is 2. The van der Waals surface area contributed by atoms with E-state index >= 15 is 0 Å². The molecule has 3 atom stereocenters. The number of rotatable bonds is 3. The fraction of sp³-hybridized carbons (Fsp3) is 0.500. The van der Waals surface area contributed by atoms with Crippen LogP contribution in [0.25, 0.3) is 0 Å². The first-order valence-electron chi connectivity index (χ1n) is 5.06. The van der Waals surface area contributed by atoms with Gasteiger partial charge in [0.1, 0.15) is 0 Å². The molecule has 2 rings (SSSR count). The van der Waals surface area contributed by atoms with Gasteiger partial charge in [-0.3, -0.25) is 0 Å². The fourth-order valence-electron chi connectivity index (χ4n) is 1.88. The van der Waals surface area contributed by atoms with E-state index in [0.717, 1.165) is 17.4 Å². The lowest BCUT2D eigenvalue weighted by Crippen LogP contribution is -2.07. The SMILES string of the molecule is CC1CC1C(Cl)Cc1ccccc1Cl. The highest BCUT2D eigenvalue weighted by Crippen LogP contribution is 2.44. The number of benzene rings is 1. The first-order chi connectivity index (χ1) is 6.68. The summed E-state index contributed by atoms with van der Waals surface area (Å²) in [4.78, 5) is 0. The van der Waals surface area contributed by atoms with E-state index in [9.17, 15) is 0 Å². The van der Waals surface area contributed by atoms with Crippen LogP contribution in [0.4, 0.5) is 0 Å². The molecule has 14 heavy (non-hydrogen) atoms. The van der Waals surface area contributed by atoms with Crippen LogP contribution >= 0.6 is 23.2 Å². The smallest absolute Gasteiger partial charge is 0.0438 e. The molecular weight excluding hydrogens is 215 g/mol. The molecule has 0 N–H and O–H groups in total. The van der Waals surface area contributed by atoms with Gasteiger partial charge in [-0.05, 0) is 36.3 Å². The van der Waals surface area contributed by atoms with Crippen LogP contribution in [0.2, 0.25) is 5.02 Å². The molecule has 1 aliphatic carbocycles. The minimum atomic E-state index is 0.255. The minimum Gasteiger partial charge on any atom is -0.122 e. The molecule has 0 nitrogen and oxygen atoms in total. The van der Waals surface area contributed by atoms with Crippen molar-refractivity contribution >= 4 is 23.2 Å². The van der Waals surface area contributed by atoms with Gasteiger partial charge in [0.15, 0.2) is 0 Å². The summed E-state index contributed by atoms with van der Waals surface area (Å²) in [5.41, 5.74) is 1.17. The first-order valence-corrected chi connectivity index (χ1v) is 5.87. The second kappa shape index (κ2) is 4.12. The van der Waals surface area contributed by atoms with Gasteiger partial charge in [0.2, 0.25) is 0 Å². The summed E-state index contributed by atoms with van der Waals surface area (Å²) < 4.78 is 0. The van der Waals surface area contributed by atoms with Crippen molar-refractivity contribution in [3.05, 3.63) is 34.9 Å². The van der Waals surface area contributed by atoms with Gasteiger partial charge in [-0.1, -0.05) is 36.7 Å². The third kappa shape index (κ3) is 2.24. The Bertz CT molecular complexity index is 322. The molecule has 3 unspecified atom stereocenters. The molecule has 0 amide bonds. The molecule has 0 heterocycles. The Morgan fingerprint density at radius 3 is 2.64 bits per heavy atom. The van der Waals surface area contributed by atoms with Crippen molar-refractivity contribution in [2.24, 2.45) is 11.8 Å². The summed E-state index contributed by atoms with van der Waals surface area (Å²) in [5.74, 6) is 1.51. The van der Waals surface area contributed by atoms with E-state index < -0.39 is 0 Å². The second-order valence-electron chi connectivity index (χ2n) is 4.19. The van der Waals surface area contributed by atoms with E-state index in [1.54, 1.807) is 0 Å². The van der Waals surface area contributed by atoms with E-state index in [2.05, 4.69) is 13.0 Å². The summed E-state index contributed by atoms with van der Waals surface area (Å²) in [7, 11) is 0. The second-order valence-corrected chi connectivity index (χ2v) is 5.16. The summed E-state index contributed by atoms with van der Waals surface area (Å²) in [5, 5.41) is 1.09. The predicted octanol–water partition coefficient (Wildman–Crippen LogP) is 4.15. The molecule has 1 saturated carbocycles. The van der Waals surface area contributed by atoms with Gasteiger partial charge in [0.05, 0.1) is 0 Å². The Kier molecular flexibility index (Phi) is 3.04. The van der Waals surface area contributed by atoms with Crippen molar-refractivity contribution in [3.8, 4) is 0 Å². The summed E-state index contributed by atoms with van der Waals surface area (Å²) in [6, 6.07) is 7.96. The van der Waals surface area contributed by atoms with Crippen LogP contribution in [0, 0.1) is 11.8 Å². The molecule has 0 aliphatic heterocycles. The molecule has 0 spiro atoms. The number of hydrogen-bond donors (Lipinski definition) is 0. The molecular formula is C12H14Cl2. The highest BCUT2D eigenvalue weighted by molar-refractivity contribution is 6.31. The van der Waals surface area contributed by atoms with Crippen LogP contribution in [0.3, 0.4) is 0 Å². The van der Waals surface area contributed by atoms with Gasteiger partial charge in [-0.25, -0.2) is 0 Å². The lowest BCUT2D eigenvalue weighted by Gasteiger charge is -2.09. The zero-order chi connectivity index (χ0) is 10.1. The van der Waals surface area contributed by atoms with Crippen LogP contribution in [-0.2, 0) is 6.42 Å². The number of alkyl halides is 1. The predicted molar refractivity (Wildman–Crippen MR) is 62.1 cm³/mol. The average molecular weight is 229 g/mol. The van der Waals surface area contributed by atoms with Crippen molar-refractivity contribution in [2.75, 3.05) is 0 Å². The van der Waals surface area contributed by atoms with Crippen molar-refractivity contribution in [3.63, 3.8) is 0 Å². The van der Waals surface area contributed by atoms with Crippen molar-refractivity contribution in [1.82, 2.24) is 0 Å².